The molecule has 0 aliphatic rings. The van der Waals surface area contributed by atoms with Crippen LogP contribution in [0.2, 0.25) is 0 Å². The zero-order chi connectivity index (χ0) is 15.7. The average molecular weight is 312 g/mol. The first kappa shape index (κ1) is 17.8. The molecule has 1 N–H and O–H groups in total. The lowest BCUT2D eigenvalue weighted by molar-refractivity contribution is -0.385. The van der Waals surface area contributed by atoms with Crippen LogP contribution in [0, 0.1) is 16.0 Å². The summed E-state index contributed by atoms with van der Waals surface area (Å²) in [5.74, 6) is 2.76. The molecule has 1 rings (SSSR count). The van der Waals surface area contributed by atoms with E-state index < -0.39 is 0 Å². The highest BCUT2D eigenvalue weighted by atomic mass is 32.2. The van der Waals surface area contributed by atoms with Crippen molar-refractivity contribution in [2.45, 2.75) is 27.3 Å². The summed E-state index contributed by atoms with van der Waals surface area (Å²) in [5, 5.41) is 14.4. The van der Waals surface area contributed by atoms with E-state index in [2.05, 4.69) is 26.1 Å². The Labute approximate surface area is 130 Å². The van der Waals surface area contributed by atoms with Gasteiger partial charge in [0.2, 0.25) is 0 Å². The molecule has 0 saturated heterocycles. The Morgan fingerprint density at radius 1 is 1.43 bits per heavy atom. The highest BCUT2D eigenvalue weighted by Gasteiger charge is 2.15. The third kappa shape index (κ3) is 6.82. The van der Waals surface area contributed by atoms with Crippen molar-refractivity contribution < 1.29 is 9.66 Å². The number of ether oxygens (including phenoxy) is 1. The lowest BCUT2D eigenvalue weighted by atomic mass is 10.1. The molecule has 5 nitrogen and oxygen atoms in total. The standard InChI is InChI=1S/C15H24N2O3S/c1-4-21-8-7-20-15-6-5-13(9-14(15)17(18)19)11-16-10-12(2)3/h5-6,9,12,16H,4,7-8,10-11H2,1-3H3. The van der Waals surface area contributed by atoms with Crippen LogP contribution < -0.4 is 10.1 Å². The van der Waals surface area contributed by atoms with Crippen LogP contribution in [0.25, 0.3) is 0 Å². The predicted octanol–water partition coefficient (Wildman–Crippen LogP) is 3.47. The van der Waals surface area contributed by atoms with Gasteiger partial charge in [-0.05, 0) is 29.8 Å². The topological polar surface area (TPSA) is 64.4 Å². The molecule has 0 aliphatic heterocycles. The van der Waals surface area contributed by atoms with Gasteiger partial charge < -0.3 is 10.1 Å². The van der Waals surface area contributed by atoms with Gasteiger partial charge in [-0.15, -0.1) is 0 Å². The minimum atomic E-state index is -0.381. The van der Waals surface area contributed by atoms with Crippen LogP contribution in [0.4, 0.5) is 5.69 Å². The van der Waals surface area contributed by atoms with Crippen LogP contribution in [0.5, 0.6) is 5.75 Å². The van der Waals surface area contributed by atoms with E-state index in [1.807, 2.05) is 6.07 Å². The monoisotopic (exact) mass is 312 g/mol. The number of rotatable bonds is 10. The SMILES string of the molecule is CCSCCOc1ccc(CNCC(C)C)cc1[N+](=O)[O-]. The fraction of sp³-hybridized carbons (Fsp3) is 0.600. The van der Waals surface area contributed by atoms with E-state index >= 15 is 0 Å². The van der Waals surface area contributed by atoms with Crippen molar-refractivity contribution in [3.05, 3.63) is 33.9 Å². The number of benzene rings is 1. The lowest BCUT2D eigenvalue weighted by Crippen LogP contribution is -2.19. The van der Waals surface area contributed by atoms with Gasteiger partial charge >= 0.3 is 5.69 Å². The molecule has 0 bridgehead atoms. The second-order valence-corrected chi connectivity index (χ2v) is 6.52. The van der Waals surface area contributed by atoms with Crippen LogP contribution >= 0.6 is 11.8 Å². The molecular weight excluding hydrogens is 288 g/mol. The maximum atomic E-state index is 11.1. The van der Waals surface area contributed by atoms with E-state index in [1.165, 1.54) is 0 Å². The number of nitro benzene ring substituents is 1. The highest BCUT2D eigenvalue weighted by Crippen LogP contribution is 2.28. The van der Waals surface area contributed by atoms with Gasteiger partial charge in [-0.2, -0.15) is 11.8 Å². The molecule has 0 spiro atoms. The molecule has 0 radical (unpaired) electrons. The molecule has 1 aromatic carbocycles. The smallest absolute Gasteiger partial charge is 0.311 e. The molecule has 118 valence electrons. The van der Waals surface area contributed by atoms with E-state index in [4.69, 9.17) is 4.74 Å². The van der Waals surface area contributed by atoms with Crippen molar-refractivity contribution in [3.8, 4) is 5.75 Å². The highest BCUT2D eigenvalue weighted by molar-refractivity contribution is 7.99. The van der Waals surface area contributed by atoms with Crippen molar-refractivity contribution in [3.63, 3.8) is 0 Å². The van der Waals surface area contributed by atoms with Gasteiger partial charge in [-0.3, -0.25) is 10.1 Å². The van der Waals surface area contributed by atoms with Crippen LogP contribution in [0.1, 0.15) is 26.3 Å². The maximum Gasteiger partial charge on any atom is 0.311 e. The maximum absolute atomic E-state index is 11.1. The molecule has 0 fully saturated rings. The first-order valence-corrected chi connectivity index (χ1v) is 8.38. The quantitative estimate of drug-likeness (QED) is 0.407. The molecule has 6 heteroatoms. The van der Waals surface area contributed by atoms with Crippen LogP contribution in [0.3, 0.4) is 0 Å². The fourth-order valence-corrected chi connectivity index (χ4v) is 2.29. The zero-order valence-corrected chi connectivity index (χ0v) is 13.7. The van der Waals surface area contributed by atoms with Crippen LogP contribution in [-0.2, 0) is 6.54 Å². The Kier molecular flexibility index (Phi) is 8.15. The number of nitrogens with zero attached hydrogens (tertiary/aromatic N) is 1. The first-order valence-electron chi connectivity index (χ1n) is 7.23. The molecular formula is C15H24N2O3S. The minimum absolute atomic E-state index is 0.0420. The van der Waals surface area contributed by atoms with E-state index in [9.17, 15) is 10.1 Å². The van der Waals surface area contributed by atoms with E-state index in [0.29, 0.717) is 24.8 Å². The zero-order valence-electron chi connectivity index (χ0n) is 12.9. The fourth-order valence-electron chi connectivity index (χ4n) is 1.80. The molecule has 0 unspecified atom stereocenters. The largest absolute Gasteiger partial charge is 0.486 e. The molecule has 0 saturated carbocycles. The second kappa shape index (κ2) is 9.63. The molecule has 1 aromatic rings. The lowest BCUT2D eigenvalue weighted by Gasteiger charge is -2.10. The Bertz CT molecular complexity index is 453. The molecule has 0 heterocycles. The van der Waals surface area contributed by atoms with Gasteiger partial charge in [0.1, 0.15) is 0 Å². The molecule has 0 aromatic heterocycles. The van der Waals surface area contributed by atoms with Crippen molar-refractivity contribution >= 4 is 17.4 Å². The van der Waals surface area contributed by atoms with E-state index in [1.54, 1.807) is 23.9 Å². The van der Waals surface area contributed by atoms with Gasteiger partial charge in [0.05, 0.1) is 11.5 Å². The molecule has 0 amide bonds. The third-order valence-electron chi connectivity index (χ3n) is 2.79. The summed E-state index contributed by atoms with van der Waals surface area (Å²) in [6.45, 7) is 8.34. The number of hydrogen-bond donors (Lipinski definition) is 1. The summed E-state index contributed by atoms with van der Waals surface area (Å²) in [6.07, 6.45) is 0. The van der Waals surface area contributed by atoms with Crippen molar-refractivity contribution in [2.24, 2.45) is 5.92 Å². The summed E-state index contributed by atoms with van der Waals surface area (Å²) in [6, 6.07) is 5.17. The Morgan fingerprint density at radius 3 is 2.81 bits per heavy atom. The third-order valence-corrected chi connectivity index (χ3v) is 3.65. The van der Waals surface area contributed by atoms with Gasteiger partial charge in [0, 0.05) is 18.4 Å². The van der Waals surface area contributed by atoms with Crippen molar-refractivity contribution in [2.75, 3.05) is 24.7 Å². The number of nitrogens with one attached hydrogen (secondary N) is 1. The predicted molar refractivity (Wildman–Crippen MR) is 88.1 cm³/mol. The minimum Gasteiger partial charge on any atom is -0.486 e. The summed E-state index contributed by atoms with van der Waals surface area (Å²) in [5.41, 5.74) is 0.943. The Balaban J connectivity index is 2.65. The summed E-state index contributed by atoms with van der Waals surface area (Å²) < 4.78 is 5.52. The Hall–Kier alpha value is -1.27. The molecule has 21 heavy (non-hydrogen) atoms. The summed E-state index contributed by atoms with van der Waals surface area (Å²) in [4.78, 5) is 10.8. The van der Waals surface area contributed by atoms with Crippen LogP contribution in [-0.4, -0.2) is 29.6 Å². The molecule has 0 atom stereocenters. The van der Waals surface area contributed by atoms with Gasteiger partial charge in [-0.25, -0.2) is 0 Å². The first-order chi connectivity index (χ1) is 10.0. The second-order valence-electron chi connectivity index (χ2n) is 5.13. The van der Waals surface area contributed by atoms with Crippen LogP contribution in [0.15, 0.2) is 18.2 Å². The summed E-state index contributed by atoms with van der Waals surface area (Å²) >= 11 is 1.75. The average Bonchev–Trinajstić information content (AvgIpc) is 2.44. The Morgan fingerprint density at radius 2 is 2.19 bits per heavy atom. The normalized spacial score (nSPS) is 10.9. The van der Waals surface area contributed by atoms with Gasteiger partial charge in [0.25, 0.3) is 0 Å². The molecule has 0 aliphatic carbocycles. The van der Waals surface area contributed by atoms with Gasteiger partial charge in [-0.1, -0.05) is 26.8 Å². The number of nitro groups is 1. The number of thioether (sulfide) groups is 1. The van der Waals surface area contributed by atoms with E-state index in [0.717, 1.165) is 23.6 Å². The van der Waals surface area contributed by atoms with Gasteiger partial charge in [0.15, 0.2) is 5.75 Å². The van der Waals surface area contributed by atoms with Crippen molar-refractivity contribution in [1.29, 1.82) is 0 Å². The number of hydrogen-bond acceptors (Lipinski definition) is 5. The van der Waals surface area contributed by atoms with E-state index in [-0.39, 0.29) is 10.6 Å². The van der Waals surface area contributed by atoms with Crippen molar-refractivity contribution in [1.82, 2.24) is 5.32 Å². The summed E-state index contributed by atoms with van der Waals surface area (Å²) in [7, 11) is 0.